The molecule has 3 nitrogen and oxygen atoms in total. The second kappa shape index (κ2) is 8.53. The van der Waals surface area contributed by atoms with E-state index in [4.69, 9.17) is 11.5 Å². The van der Waals surface area contributed by atoms with Crippen LogP contribution in [-0.4, -0.2) is 34.8 Å². The predicted octanol–water partition coefficient (Wildman–Crippen LogP) is 1.39. The van der Waals surface area contributed by atoms with Gasteiger partial charge in [0, 0.05) is 17.8 Å². The number of nitrogens with two attached hydrogens (primary N) is 2. The molecular formula is C14H24N2OS. The van der Waals surface area contributed by atoms with Crippen molar-refractivity contribution in [2.75, 3.05) is 11.5 Å². The third-order valence-corrected chi connectivity index (χ3v) is 3.92. The van der Waals surface area contributed by atoms with Crippen LogP contribution >= 0.6 is 11.8 Å². The molecule has 0 aliphatic rings. The highest BCUT2D eigenvalue weighted by molar-refractivity contribution is 7.99. The average Bonchev–Trinajstić information content (AvgIpc) is 2.35. The molecule has 0 aliphatic heterocycles. The lowest BCUT2D eigenvalue weighted by Gasteiger charge is -2.18. The zero-order valence-electron chi connectivity index (χ0n) is 11.0. The SMILES string of the molecule is CC(N)CCSCC(O)C(N)Cc1ccccc1. The van der Waals surface area contributed by atoms with Gasteiger partial charge in [0.05, 0.1) is 6.10 Å². The highest BCUT2D eigenvalue weighted by Gasteiger charge is 2.15. The molecule has 1 aromatic carbocycles. The van der Waals surface area contributed by atoms with Crippen LogP contribution in [0.15, 0.2) is 30.3 Å². The number of aliphatic hydroxyl groups excluding tert-OH is 1. The van der Waals surface area contributed by atoms with Crippen molar-refractivity contribution in [3.63, 3.8) is 0 Å². The van der Waals surface area contributed by atoms with Crippen molar-refractivity contribution in [3.8, 4) is 0 Å². The maximum atomic E-state index is 9.97. The third-order valence-electron chi connectivity index (χ3n) is 2.81. The van der Waals surface area contributed by atoms with Crippen molar-refractivity contribution in [3.05, 3.63) is 35.9 Å². The van der Waals surface area contributed by atoms with Gasteiger partial charge in [-0.15, -0.1) is 0 Å². The first-order valence-electron chi connectivity index (χ1n) is 6.40. The molecule has 0 fully saturated rings. The molecule has 0 heterocycles. The van der Waals surface area contributed by atoms with Gasteiger partial charge >= 0.3 is 0 Å². The molecule has 0 amide bonds. The molecule has 0 saturated carbocycles. The van der Waals surface area contributed by atoms with E-state index in [-0.39, 0.29) is 12.1 Å². The van der Waals surface area contributed by atoms with Crippen molar-refractivity contribution in [2.45, 2.75) is 38.0 Å². The first-order valence-corrected chi connectivity index (χ1v) is 7.56. The van der Waals surface area contributed by atoms with E-state index in [1.165, 1.54) is 5.56 Å². The van der Waals surface area contributed by atoms with Crippen molar-refractivity contribution >= 4 is 11.8 Å². The molecule has 1 aromatic rings. The molecule has 0 aromatic heterocycles. The Bertz CT molecular complexity index is 319. The normalized spacial score (nSPS) is 16.2. The molecular weight excluding hydrogens is 244 g/mol. The monoisotopic (exact) mass is 268 g/mol. The van der Waals surface area contributed by atoms with Gasteiger partial charge in [-0.25, -0.2) is 0 Å². The third kappa shape index (κ3) is 6.40. The minimum absolute atomic E-state index is 0.199. The fourth-order valence-corrected chi connectivity index (χ4v) is 2.81. The Morgan fingerprint density at radius 2 is 1.89 bits per heavy atom. The highest BCUT2D eigenvalue weighted by Crippen LogP contribution is 2.11. The molecule has 0 radical (unpaired) electrons. The van der Waals surface area contributed by atoms with E-state index in [2.05, 4.69) is 0 Å². The van der Waals surface area contributed by atoms with Crippen LogP contribution < -0.4 is 11.5 Å². The minimum Gasteiger partial charge on any atom is -0.391 e. The van der Waals surface area contributed by atoms with Gasteiger partial charge in [0.1, 0.15) is 0 Å². The molecule has 5 N–H and O–H groups in total. The van der Waals surface area contributed by atoms with Gasteiger partial charge in [-0.3, -0.25) is 0 Å². The lowest BCUT2D eigenvalue weighted by atomic mass is 10.0. The lowest BCUT2D eigenvalue weighted by molar-refractivity contribution is 0.167. The maximum Gasteiger partial charge on any atom is 0.0784 e. The summed E-state index contributed by atoms with van der Waals surface area (Å²) >= 11 is 1.72. The Labute approximate surface area is 114 Å². The van der Waals surface area contributed by atoms with Gasteiger partial charge in [-0.05, 0) is 31.1 Å². The summed E-state index contributed by atoms with van der Waals surface area (Å²) in [6, 6.07) is 10.1. The number of hydrogen-bond acceptors (Lipinski definition) is 4. The van der Waals surface area contributed by atoms with Crippen LogP contribution in [0, 0.1) is 0 Å². The molecule has 18 heavy (non-hydrogen) atoms. The van der Waals surface area contributed by atoms with E-state index in [1.54, 1.807) is 11.8 Å². The standard InChI is InChI=1S/C14H24N2OS/c1-11(15)7-8-18-10-14(17)13(16)9-12-5-3-2-4-6-12/h2-6,11,13-14,17H,7-10,15-16H2,1H3. The van der Waals surface area contributed by atoms with E-state index < -0.39 is 6.10 Å². The highest BCUT2D eigenvalue weighted by atomic mass is 32.2. The average molecular weight is 268 g/mol. The van der Waals surface area contributed by atoms with E-state index in [0.29, 0.717) is 5.75 Å². The summed E-state index contributed by atoms with van der Waals surface area (Å²) in [4.78, 5) is 0. The second-order valence-electron chi connectivity index (χ2n) is 4.76. The number of aliphatic hydroxyl groups is 1. The Balaban J connectivity index is 2.22. The van der Waals surface area contributed by atoms with Crippen LogP contribution in [0.5, 0.6) is 0 Å². The first kappa shape index (κ1) is 15.5. The molecule has 0 bridgehead atoms. The van der Waals surface area contributed by atoms with Crippen molar-refractivity contribution < 1.29 is 5.11 Å². The molecule has 0 saturated heterocycles. The predicted molar refractivity (Wildman–Crippen MR) is 79.7 cm³/mol. The number of benzene rings is 1. The van der Waals surface area contributed by atoms with Gasteiger partial charge in [-0.2, -0.15) is 11.8 Å². The smallest absolute Gasteiger partial charge is 0.0784 e. The summed E-state index contributed by atoms with van der Waals surface area (Å²) in [6.07, 6.45) is 1.24. The Kier molecular flexibility index (Phi) is 7.35. The topological polar surface area (TPSA) is 72.3 Å². The van der Waals surface area contributed by atoms with Gasteiger partial charge in [0.2, 0.25) is 0 Å². The van der Waals surface area contributed by atoms with Crippen molar-refractivity contribution in [2.24, 2.45) is 11.5 Å². The second-order valence-corrected chi connectivity index (χ2v) is 5.91. The van der Waals surface area contributed by atoms with E-state index in [9.17, 15) is 5.11 Å². The quantitative estimate of drug-likeness (QED) is 0.623. The largest absolute Gasteiger partial charge is 0.391 e. The molecule has 3 unspecified atom stereocenters. The Morgan fingerprint density at radius 1 is 1.22 bits per heavy atom. The minimum atomic E-state index is -0.455. The summed E-state index contributed by atoms with van der Waals surface area (Å²) < 4.78 is 0. The zero-order valence-corrected chi connectivity index (χ0v) is 11.8. The molecule has 4 heteroatoms. The molecule has 3 atom stereocenters. The van der Waals surface area contributed by atoms with E-state index in [0.717, 1.165) is 18.6 Å². The van der Waals surface area contributed by atoms with Gasteiger partial charge in [0.25, 0.3) is 0 Å². The maximum absolute atomic E-state index is 9.97. The van der Waals surface area contributed by atoms with Crippen LogP contribution in [0.3, 0.4) is 0 Å². The summed E-state index contributed by atoms with van der Waals surface area (Å²) in [5.41, 5.74) is 12.8. The molecule has 0 spiro atoms. The van der Waals surface area contributed by atoms with Gasteiger partial charge in [-0.1, -0.05) is 30.3 Å². The summed E-state index contributed by atoms with van der Waals surface area (Å²) in [5.74, 6) is 1.66. The summed E-state index contributed by atoms with van der Waals surface area (Å²) in [7, 11) is 0. The number of rotatable bonds is 8. The van der Waals surface area contributed by atoms with Crippen LogP contribution in [0.2, 0.25) is 0 Å². The lowest BCUT2D eigenvalue weighted by Crippen LogP contribution is -2.38. The Hall–Kier alpha value is -0.550. The van der Waals surface area contributed by atoms with Crippen LogP contribution in [0.4, 0.5) is 0 Å². The van der Waals surface area contributed by atoms with Crippen LogP contribution in [0.25, 0.3) is 0 Å². The first-order chi connectivity index (χ1) is 8.59. The van der Waals surface area contributed by atoms with Gasteiger partial charge < -0.3 is 16.6 Å². The number of thioether (sulfide) groups is 1. The van der Waals surface area contributed by atoms with Gasteiger partial charge in [0.15, 0.2) is 0 Å². The molecule has 0 aliphatic carbocycles. The summed E-state index contributed by atoms with van der Waals surface area (Å²) in [6.45, 7) is 2.00. The van der Waals surface area contributed by atoms with E-state index in [1.807, 2.05) is 37.3 Å². The summed E-state index contributed by atoms with van der Waals surface area (Å²) in [5, 5.41) is 9.97. The molecule has 1 rings (SSSR count). The van der Waals surface area contributed by atoms with Crippen LogP contribution in [0.1, 0.15) is 18.9 Å². The fraction of sp³-hybridized carbons (Fsp3) is 0.571. The fourth-order valence-electron chi connectivity index (χ4n) is 1.62. The van der Waals surface area contributed by atoms with Crippen molar-refractivity contribution in [1.29, 1.82) is 0 Å². The van der Waals surface area contributed by atoms with Crippen molar-refractivity contribution in [1.82, 2.24) is 0 Å². The molecule has 102 valence electrons. The van der Waals surface area contributed by atoms with Crippen LogP contribution in [-0.2, 0) is 6.42 Å². The number of hydrogen-bond donors (Lipinski definition) is 3. The Morgan fingerprint density at radius 3 is 2.50 bits per heavy atom. The van der Waals surface area contributed by atoms with E-state index >= 15 is 0 Å². The zero-order chi connectivity index (χ0) is 13.4.